The van der Waals surface area contributed by atoms with Gasteiger partial charge in [-0.2, -0.15) is 8.42 Å². The number of furan rings is 1. The van der Waals surface area contributed by atoms with Gasteiger partial charge in [0.15, 0.2) is 0 Å². The summed E-state index contributed by atoms with van der Waals surface area (Å²) >= 11 is 0. The van der Waals surface area contributed by atoms with Crippen LogP contribution in [-0.4, -0.2) is 24.5 Å². The van der Waals surface area contributed by atoms with Crippen LogP contribution in [0.25, 0.3) is 0 Å². The van der Waals surface area contributed by atoms with Crippen molar-refractivity contribution in [1.82, 2.24) is 4.90 Å². The molecule has 27 heavy (non-hydrogen) atoms. The molecule has 6 nitrogen and oxygen atoms in total. The molecule has 0 unspecified atom stereocenters. The van der Waals surface area contributed by atoms with E-state index in [-0.39, 0.29) is 17.6 Å². The number of carbonyl (C=O) groups excluding carboxylic acids is 1. The van der Waals surface area contributed by atoms with Crippen LogP contribution in [-0.2, 0) is 28.0 Å². The van der Waals surface area contributed by atoms with E-state index >= 15 is 0 Å². The van der Waals surface area contributed by atoms with Gasteiger partial charge in [0, 0.05) is 12.5 Å². The number of hydrogen-bond donors (Lipinski definition) is 0. The number of rotatable bonds is 8. The van der Waals surface area contributed by atoms with E-state index in [2.05, 4.69) is 0 Å². The molecule has 1 aliphatic carbocycles. The third-order valence-corrected chi connectivity index (χ3v) is 6.36. The first-order valence-corrected chi connectivity index (χ1v) is 10.7. The zero-order chi connectivity index (χ0) is 19.4. The van der Waals surface area contributed by atoms with E-state index in [4.69, 9.17) is 8.60 Å². The first-order chi connectivity index (χ1) is 12.8. The van der Waals surface area contributed by atoms with Gasteiger partial charge in [0.2, 0.25) is 5.91 Å². The van der Waals surface area contributed by atoms with E-state index in [1.54, 1.807) is 49.3 Å². The number of amides is 1. The normalized spacial score (nSPS) is 14.8. The van der Waals surface area contributed by atoms with Crippen LogP contribution in [0.2, 0.25) is 0 Å². The molecule has 1 heterocycles. The van der Waals surface area contributed by atoms with Crippen LogP contribution in [0.4, 0.5) is 0 Å². The summed E-state index contributed by atoms with van der Waals surface area (Å²) in [4.78, 5) is 14.6. The molecule has 1 aromatic heterocycles. The highest BCUT2D eigenvalue weighted by atomic mass is 32.2. The van der Waals surface area contributed by atoms with E-state index in [1.807, 2.05) is 12.1 Å². The molecule has 2 aromatic rings. The second kappa shape index (κ2) is 8.17. The Bertz CT molecular complexity index is 852. The lowest BCUT2D eigenvalue weighted by Crippen LogP contribution is -2.38. The fourth-order valence-corrected chi connectivity index (χ4v) is 3.39. The molecule has 0 radical (unpaired) electrons. The second-order valence-corrected chi connectivity index (χ2v) is 9.27. The van der Waals surface area contributed by atoms with Crippen LogP contribution in [0.3, 0.4) is 0 Å². The van der Waals surface area contributed by atoms with Gasteiger partial charge >= 0.3 is 10.1 Å². The van der Waals surface area contributed by atoms with Crippen molar-refractivity contribution in [3.63, 3.8) is 0 Å². The Morgan fingerprint density at radius 2 is 1.89 bits per heavy atom. The minimum absolute atomic E-state index is 0.0961. The molecule has 0 saturated heterocycles. The maximum atomic E-state index is 12.8. The molecule has 0 atom stereocenters. The molecule has 0 bridgehead atoms. The van der Waals surface area contributed by atoms with E-state index < -0.39 is 15.4 Å². The average molecular weight is 391 g/mol. The van der Waals surface area contributed by atoms with Crippen LogP contribution in [0.15, 0.2) is 47.1 Å². The summed E-state index contributed by atoms with van der Waals surface area (Å²) in [5, 5.41) is -0.610. The molecule has 1 fully saturated rings. The average Bonchev–Trinajstić information content (AvgIpc) is 3.07. The maximum absolute atomic E-state index is 12.8. The zero-order valence-electron chi connectivity index (χ0n) is 15.6. The molecular weight excluding hydrogens is 366 g/mol. The lowest BCUT2D eigenvalue weighted by atomic mass is 9.84. The lowest BCUT2D eigenvalue weighted by Gasteiger charge is -2.31. The monoisotopic (exact) mass is 391 g/mol. The van der Waals surface area contributed by atoms with Gasteiger partial charge < -0.3 is 13.5 Å². The van der Waals surface area contributed by atoms with E-state index in [0.29, 0.717) is 13.1 Å². The second-order valence-electron chi connectivity index (χ2n) is 7.17. The minimum Gasteiger partial charge on any atom is -0.467 e. The highest BCUT2D eigenvalue weighted by Gasteiger charge is 2.30. The van der Waals surface area contributed by atoms with Crippen LogP contribution in [0.5, 0.6) is 5.75 Å². The fourth-order valence-electron chi connectivity index (χ4n) is 2.82. The third-order valence-electron chi connectivity index (χ3n) is 4.78. The van der Waals surface area contributed by atoms with Gasteiger partial charge in [0.05, 0.1) is 18.1 Å². The van der Waals surface area contributed by atoms with Crippen LogP contribution >= 0.6 is 0 Å². The van der Waals surface area contributed by atoms with Crippen LogP contribution < -0.4 is 4.18 Å². The van der Waals surface area contributed by atoms with Gasteiger partial charge in [-0.25, -0.2) is 0 Å². The third kappa shape index (κ3) is 4.91. The predicted molar refractivity (Wildman–Crippen MR) is 101 cm³/mol. The molecule has 0 spiro atoms. The Morgan fingerprint density at radius 3 is 2.41 bits per heavy atom. The van der Waals surface area contributed by atoms with Crippen LogP contribution in [0.1, 0.15) is 44.4 Å². The predicted octanol–water partition coefficient (Wildman–Crippen LogP) is 3.73. The smallest absolute Gasteiger partial charge is 0.311 e. The summed E-state index contributed by atoms with van der Waals surface area (Å²) in [5.74, 6) is 1.25. The fraction of sp³-hybridized carbons (Fsp3) is 0.450. The quantitative estimate of drug-likeness (QED) is 0.641. The Labute approximate surface area is 160 Å². The van der Waals surface area contributed by atoms with Gasteiger partial charge in [-0.3, -0.25) is 4.79 Å². The Hall–Kier alpha value is -2.28. The summed E-state index contributed by atoms with van der Waals surface area (Å²) < 4.78 is 34.2. The lowest BCUT2D eigenvalue weighted by molar-refractivity contribution is -0.139. The van der Waals surface area contributed by atoms with E-state index in [9.17, 15) is 13.2 Å². The summed E-state index contributed by atoms with van der Waals surface area (Å²) in [6.07, 6.45) is 4.57. The Balaban J connectivity index is 1.70. The largest absolute Gasteiger partial charge is 0.467 e. The van der Waals surface area contributed by atoms with Crippen molar-refractivity contribution in [3.8, 4) is 5.75 Å². The highest BCUT2D eigenvalue weighted by Crippen LogP contribution is 2.29. The number of nitrogens with zero attached hydrogens (tertiary/aromatic N) is 1. The molecule has 1 saturated carbocycles. The van der Waals surface area contributed by atoms with Gasteiger partial charge in [-0.1, -0.05) is 18.6 Å². The SMILES string of the molecule is CC(C)S(=O)(=O)Oc1ccc(CN(Cc2ccco2)C(=O)C2CCC2)cc1. The van der Waals surface area contributed by atoms with Crippen molar-refractivity contribution in [2.24, 2.45) is 5.92 Å². The first-order valence-electron chi connectivity index (χ1n) is 9.18. The van der Waals surface area contributed by atoms with Crippen molar-refractivity contribution >= 4 is 16.0 Å². The zero-order valence-corrected chi connectivity index (χ0v) is 16.4. The summed E-state index contributed by atoms with van der Waals surface area (Å²) in [5.41, 5.74) is 0.906. The van der Waals surface area contributed by atoms with Gasteiger partial charge in [-0.15, -0.1) is 0 Å². The summed E-state index contributed by atoms with van der Waals surface area (Å²) in [6, 6.07) is 10.5. The molecule has 1 aliphatic rings. The number of hydrogen-bond acceptors (Lipinski definition) is 5. The molecule has 7 heteroatoms. The maximum Gasteiger partial charge on any atom is 0.311 e. The molecule has 0 aliphatic heterocycles. The highest BCUT2D eigenvalue weighted by molar-refractivity contribution is 7.87. The van der Waals surface area contributed by atoms with Crippen molar-refractivity contribution < 1.29 is 21.8 Å². The number of carbonyl (C=O) groups is 1. The van der Waals surface area contributed by atoms with Gasteiger partial charge in [0.1, 0.15) is 11.5 Å². The Morgan fingerprint density at radius 1 is 1.19 bits per heavy atom. The van der Waals surface area contributed by atoms with Crippen molar-refractivity contribution in [3.05, 3.63) is 54.0 Å². The molecule has 0 N–H and O–H groups in total. The van der Waals surface area contributed by atoms with Crippen molar-refractivity contribution in [2.75, 3.05) is 0 Å². The van der Waals surface area contributed by atoms with Gasteiger partial charge in [0.25, 0.3) is 0 Å². The summed E-state index contributed by atoms with van der Waals surface area (Å²) in [7, 11) is -3.62. The molecule has 146 valence electrons. The number of benzene rings is 1. The molecular formula is C20H25NO5S. The molecule has 3 rings (SSSR count). The Kier molecular flexibility index (Phi) is 5.89. The molecule has 1 amide bonds. The first kappa shape index (κ1) is 19.5. The van der Waals surface area contributed by atoms with E-state index in [1.165, 1.54) is 0 Å². The van der Waals surface area contributed by atoms with Crippen molar-refractivity contribution in [1.29, 1.82) is 0 Å². The van der Waals surface area contributed by atoms with Crippen molar-refractivity contribution in [2.45, 2.75) is 51.4 Å². The molecule has 1 aromatic carbocycles. The standard InChI is InChI=1S/C20H25NO5S/c1-15(2)27(23,24)26-18-10-8-16(9-11-18)13-21(14-19-7-4-12-25-19)20(22)17-5-3-6-17/h4,7-12,15,17H,3,5-6,13-14H2,1-2H3. The topological polar surface area (TPSA) is 76.8 Å². The van der Waals surface area contributed by atoms with Gasteiger partial charge in [-0.05, 0) is 56.5 Å². The van der Waals surface area contributed by atoms with Crippen LogP contribution in [0, 0.1) is 5.92 Å². The minimum atomic E-state index is -3.62. The summed E-state index contributed by atoms with van der Waals surface area (Å²) in [6.45, 7) is 4.00. The van der Waals surface area contributed by atoms with E-state index in [0.717, 1.165) is 30.6 Å².